The van der Waals surface area contributed by atoms with Crippen LogP contribution in [0.2, 0.25) is 0 Å². The molecule has 6 nitrogen and oxygen atoms in total. The van der Waals surface area contributed by atoms with Crippen LogP contribution in [-0.4, -0.2) is 32.4 Å². The number of anilines is 1. The Labute approximate surface area is 122 Å². The number of nitrogen functional groups attached to an aromatic ring is 1. The Morgan fingerprint density at radius 1 is 1.45 bits per heavy atom. The molecule has 0 heterocycles. The summed E-state index contributed by atoms with van der Waals surface area (Å²) in [6, 6.07) is 3.86. The van der Waals surface area contributed by atoms with Crippen molar-refractivity contribution >= 4 is 33.4 Å². The van der Waals surface area contributed by atoms with Gasteiger partial charge in [0.25, 0.3) is 0 Å². The smallest absolute Gasteiger partial charge is 0.248 e. The molecule has 1 aromatic rings. The van der Waals surface area contributed by atoms with Crippen molar-refractivity contribution < 1.29 is 13.2 Å². The number of hydrogen-bond donors (Lipinski definition) is 3. The van der Waals surface area contributed by atoms with Gasteiger partial charge in [0.2, 0.25) is 15.9 Å². The maximum Gasteiger partial charge on any atom is 0.248 e. The van der Waals surface area contributed by atoms with Gasteiger partial charge in [-0.15, -0.1) is 6.58 Å². The van der Waals surface area contributed by atoms with Crippen LogP contribution in [-0.2, 0) is 10.0 Å². The SMILES string of the molecule is C=CCSCCNS(=O)(=O)c1ccc(C(N)=O)cc1N. The van der Waals surface area contributed by atoms with E-state index in [1.54, 1.807) is 17.8 Å². The molecule has 0 saturated carbocycles. The van der Waals surface area contributed by atoms with Gasteiger partial charge in [-0.3, -0.25) is 4.79 Å². The molecule has 0 atom stereocenters. The summed E-state index contributed by atoms with van der Waals surface area (Å²) in [5.74, 6) is 0.733. The minimum atomic E-state index is -3.69. The lowest BCUT2D eigenvalue weighted by Gasteiger charge is -2.09. The molecule has 5 N–H and O–H groups in total. The number of benzene rings is 1. The second kappa shape index (κ2) is 7.32. The Balaban J connectivity index is 2.77. The van der Waals surface area contributed by atoms with Crippen molar-refractivity contribution in [2.45, 2.75) is 4.90 Å². The van der Waals surface area contributed by atoms with Gasteiger partial charge in [-0.2, -0.15) is 11.8 Å². The van der Waals surface area contributed by atoms with Crippen LogP contribution < -0.4 is 16.2 Å². The number of carbonyl (C=O) groups excluding carboxylic acids is 1. The topological polar surface area (TPSA) is 115 Å². The standard InChI is InChI=1S/C12H17N3O3S2/c1-2-6-19-7-5-15-20(17,18)11-4-3-9(12(14)16)8-10(11)13/h2-4,8,15H,1,5-7,13H2,(H2,14,16). The van der Waals surface area contributed by atoms with Gasteiger partial charge < -0.3 is 11.5 Å². The average molecular weight is 315 g/mol. The van der Waals surface area contributed by atoms with Gasteiger partial charge in [-0.1, -0.05) is 6.08 Å². The summed E-state index contributed by atoms with van der Waals surface area (Å²) in [6.07, 6.45) is 1.75. The fraction of sp³-hybridized carbons (Fsp3) is 0.250. The van der Waals surface area contributed by atoms with Crippen LogP contribution in [0.5, 0.6) is 0 Å². The fourth-order valence-corrected chi connectivity index (χ4v) is 3.29. The third kappa shape index (κ3) is 4.55. The highest BCUT2D eigenvalue weighted by atomic mass is 32.2. The van der Waals surface area contributed by atoms with E-state index < -0.39 is 15.9 Å². The van der Waals surface area contributed by atoms with Gasteiger partial charge in [0, 0.05) is 23.6 Å². The largest absolute Gasteiger partial charge is 0.398 e. The lowest BCUT2D eigenvalue weighted by molar-refractivity contribution is 0.1000. The first-order valence-corrected chi connectivity index (χ1v) is 8.40. The summed E-state index contributed by atoms with van der Waals surface area (Å²) in [5, 5.41) is 0. The molecule has 0 saturated heterocycles. The molecule has 0 unspecified atom stereocenters. The molecule has 8 heteroatoms. The van der Waals surface area contributed by atoms with Crippen LogP contribution in [0.4, 0.5) is 5.69 Å². The summed E-state index contributed by atoms with van der Waals surface area (Å²) in [5.41, 5.74) is 10.9. The second-order valence-corrected chi connectivity index (χ2v) is 6.76. The Kier molecular flexibility index (Phi) is 6.05. The van der Waals surface area contributed by atoms with E-state index in [9.17, 15) is 13.2 Å². The Morgan fingerprint density at radius 3 is 2.70 bits per heavy atom. The fourth-order valence-electron chi connectivity index (χ4n) is 1.44. The molecule has 0 aliphatic carbocycles. The number of nitrogens with one attached hydrogen (secondary N) is 1. The predicted molar refractivity (Wildman–Crippen MR) is 82.1 cm³/mol. The molecule has 1 aromatic carbocycles. The van der Waals surface area contributed by atoms with Crippen molar-refractivity contribution in [1.82, 2.24) is 4.72 Å². The summed E-state index contributed by atoms with van der Waals surface area (Å²) in [7, 11) is -3.69. The van der Waals surface area contributed by atoms with Gasteiger partial charge in [-0.05, 0) is 18.2 Å². The zero-order chi connectivity index (χ0) is 15.2. The molecule has 1 amide bonds. The number of amides is 1. The van der Waals surface area contributed by atoms with E-state index in [4.69, 9.17) is 11.5 Å². The van der Waals surface area contributed by atoms with Gasteiger partial charge in [0.05, 0.1) is 5.69 Å². The van der Waals surface area contributed by atoms with Crippen molar-refractivity contribution in [2.24, 2.45) is 5.73 Å². The van der Waals surface area contributed by atoms with Crippen LogP contribution in [0.25, 0.3) is 0 Å². The lowest BCUT2D eigenvalue weighted by Crippen LogP contribution is -2.27. The summed E-state index contributed by atoms with van der Waals surface area (Å²) in [6.45, 7) is 3.86. The number of nitrogens with two attached hydrogens (primary N) is 2. The van der Waals surface area contributed by atoms with Crippen LogP contribution in [0.1, 0.15) is 10.4 Å². The molecule has 0 radical (unpaired) electrons. The quantitative estimate of drug-likeness (QED) is 0.368. The molecule has 0 bridgehead atoms. The molecular formula is C12H17N3O3S2. The molecule has 0 aliphatic rings. The molecule has 0 aliphatic heterocycles. The Bertz CT molecular complexity index is 600. The third-order valence-corrected chi connectivity index (χ3v) is 4.86. The van der Waals surface area contributed by atoms with E-state index in [0.29, 0.717) is 5.75 Å². The third-order valence-electron chi connectivity index (χ3n) is 2.36. The van der Waals surface area contributed by atoms with Crippen molar-refractivity contribution in [1.29, 1.82) is 0 Å². The normalized spacial score (nSPS) is 11.2. The van der Waals surface area contributed by atoms with E-state index >= 15 is 0 Å². The van der Waals surface area contributed by atoms with Crippen molar-refractivity contribution in [3.63, 3.8) is 0 Å². The Hall–Kier alpha value is -1.51. The first-order valence-electron chi connectivity index (χ1n) is 5.76. The average Bonchev–Trinajstić information content (AvgIpc) is 2.37. The molecular weight excluding hydrogens is 298 g/mol. The first kappa shape index (κ1) is 16.5. The minimum Gasteiger partial charge on any atom is -0.398 e. The number of sulfonamides is 1. The first-order chi connectivity index (χ1) is 9.38. The van der Waals surface area contributed by atoms with Crippen LogP contribution in [0.3, 0.4) is 0 Å². The molecule has 20 heavy (non-hydrogen) atoms. The zero-order valence-electron chi connectivity index (χ0n) is 10.8. The van der Waals surface area contributed by atoms with E-state index in [1.165, 1.54) is 18.2 Å². The number of hydrogen-bond acceptors (Lipinski definition) is 5. The molecule has 0 fully saturated rings. The van der Waals surface area contributed by atoms with Crippen molar-refractivity contribution in [3.8, 4) is 0 Å². The number of thioether (sulfide) groups is 1. The van der Waals surface area contributed by atoms with Crippen molar-refractivity contribution in [2.75, 3.05) is 23.8 Å². The van der Waals surface area contributed by atoms with E-state index in [0.717, 1.165) is 5.75 Å². The van der Waals surface area contributed by atoms with Gasteiger partial charge in [-0.25, -0.2) is 13.1 Å². The molecule has 0 spiro atoms. The van der Waals surface area contributed by atoms with Crippen LogP contribution >= 0.6 is 11.8 Å². The highest BCUT2D eigenvalue weighted by Gasteiger charge is 2.17. The van der Waals surface area contributed by atoms with Gasteiger partial charge in [0.1, 0.15) is 4.90 Å². The summed E-state index contributed by atoms with van der Waals surface area (Å²) >= 11 is 1.56. The van der Waals surface area contributed by atoms with Crippen LogP contribution in [0.15, 0.2) is 35.7 Å². The second-order valence-electron chi connectivity index (χ2n) is 3.88. The number of rotatable bonds is 8. The minimum absolute atomic E-state index is 0.00690. The molecule has 110 valence electrons. The maximum atomic E-state index is 12.0. The number of primary amides is 1. The van der Waals surface area contributed by atoms with Gasteiger partial charge in [0.15, 0.2) is 0 Å². The highest BCUT2D eigenvalue weighted by molar-refractivity contribution is 7.99. The van der Waals surface area contributed by atoms with E-state index in [-0.39, 0.29) is 22.7 Å². The van der Waals surface area contributed by atoms with Crippen LogP contribution in [0, 0.1) is 0 Å². The Morgan fingerprint density at radius 2 is 2.15 bits per heavy atom. The zero-order valence-corrected chi connectivity index (χ0v) is 12.5. The van der Waals surface area contributed by atoms with Gasteiger partial charge >= 0.3 is 0 Å². The van der Waals surface area contributed by atoms with Crippen molar-refractivity contribution in [3.05, 3.63) is 36.4 Å². The predicted octanol–water partition coefficient (Wildman–Crippen LogP) is 0.565. The number of carbonyl (C=O) groups is 1. The monoisotopic (exact) mass is 315 g/mol. The van der Waals surface area contributed by atoms with E-state index in [1.807, 2.05) is 0 Å². The highest BCUT2D eigenvalue weighted by Crippen LogP contribution is 2.19. The van der Waals surface area contributed by atoms with E-state index in [2.05, 4.69) is 11.3 Å². The summed E-state index contributed by atoms with van der Waals surface area (Å²) in [4.78, 5) is 10.9. The molecule has 1 rings (SSSR count). The summed E-state index contributed by atoms with van der Waals surface area (Å²) < 4.78 is 26.5. The maximum absolute atomic E-state index is 12.0. The lowest BCUT2D eigenvalue weighted by atomic mass is 10.2. The molecule has 0 aromatic heterocycles.